The molecule has 112 valence electrons. The van der Waals surface area contributed by atoms with Crippen molar-refractivity contribution in [2.45, 2.75) is 18.9 Å². The smallest absolute Gasteiger partial charge is 0.323 e. The molecule has 0 radical (unpaired) electrons. The number of amides is 2. The Balaban J connectivity index is 1.87. The molecule has 1 fully saturated rings. The lowest BCUT2D eigenvalue weighted by molar-refractivity contribution is -0.143. The molecule has 2 amide bonds. The number of likely N-dealkylation sites (tertiary alicyclic amines) is 1. The molecule has 1 saturated heterocycles. The topological polar surface area (TPSA) is 86.7 Å². The van der Waals surface area contributed by atoms with Gasteiger partial charge in [0, 0.05) is 10.1 Å². The molecular formula is C14H15IN2O4. The van der Waals surface area contributed by atoms with Gasteiger partial charge in [-0.05, 0) is 46.7 Å². The van der Waals surface area contributed by atoms with Crippen LogP contribution in [0.25, 0.3) is 0 Å². The third-order valence-electron chi connectivity index (χ3n) is 3.24. The summed E-state index contributed by atoms with van der Waals surface area (Å²) in [7, 11) is 0. The Kier molecular flexibility index (Phi) is 5.16. The van der Waals surface area contributed by atoms with Gasteiger partial charge in [0.2, 0.25) is 11.8 Å². The van der Waals surface area contributed by atoms with Crippen molar-refractivity contribution in [3.63, 3.8) is 0 Å². The minimum Gasteiger partial charge on any atom is -0.480 e. The van der Waals surface area contributed by atoms with Crippen LogP contribution in [0.2, 0.25) is 0 Å². The van der Waals surface area contributed by atoms with Crippen molar-refractivity contribution in [3.05, 3.63) is 33.4 Å². The first-order valence-electron chi connectivity index (χ1n) is 6.50. The van der Waals surface area contributed by atoms with E-state index in [2.05, 4.69) is 27.9 Å². The molecule has 1 aromatic carbocycles. The minimum absolute atomic E-state index is 0.208. The Labute approximate surface area is 135 Å². The molecular weight excluding hydrogens is 387 g/mol. The van der Waals surface area contributed by atoms with Gasteiger partial charge in [0.25, 0.3) is 0 Å². The zero-order valence-corrected chi connectivity index (χ0v) is 13.4. The molecule has 0 bridgehead atoms. The lowest BCUT2D eigenvalue weighted by Crippen LogP contribution is -2.43. The molecule has 6 nitrogen and oxygen atoms in total. The fourth-order valence-electron chi connectivity index (χ4n) is 2.23. The summed E-state index contributed by atoms with van der Waals surface area (Å²) >= 11 is 2.19. The monoisotopic (exact) mass is 402 g/mol. The average molecular weight is 402 g/mol. The second-order valence-corrected chi connectivity index (χ2v) is 6.11. The summed E-state index contributed by atoms with van der Waals surface area (Å²) in [5, 5.41) is 11.4. The molecule has 2 N–H and O–H groups in total. The second kappa shape index (κ2) is 6.88. The second-order valence-electron chi connectivity index (χ2n) is 4.87. The molecule has 1 unspecified atom stereocenters. The normalized spacial score (nSPS) is 17.9. The van der Waals surface area contributed by atoms with Crippen LogP contribution in [0.4, 0.5) is 0 Å². The van der Waals surface area contributed by atoms with E-state index in [4.69, 9.17) is 5.11 Å². The Morgan fingerprint density at radius 1 is 1.33 bits per heavy atom. The van der Waals surface area contributed by atoms with E-state index in [0.29, 0.717) is 13.0 Å². The maximum absolute atomic E-state index is 11.9. The van der Waals surface area contributed by atoms with Crippen LogP contribution >= 0.6 is 22.6 Å². The summed E-state index contributed by atoms with van der Waals surface area (Å²) in [5.74, 6) is -1.60. The fourth-order valence-corrected chi connectivity index (χ4v) is 2.59. The minimum atomic E-state index is -1.05. The number of benzene rings is 1. The molecule has 7 heteroatoms. The number of rotatable bonds is 5. The molecule has 0 aliphatic carbocycles. The molecule has 1 heterocycles. The number of hydrogen-bond donors (Lipinski definition) is 2. The molecule has 21 heavy (non-hydrogen) atoms. The summed E-state index contributed by atoms with van der Waals surface area (Å²) in [6, 6.07) is 6.96. The standard InChI is InChI=1S/C14H15IN2O4/c15-10-3-1-9(2-4-10)7-12(18)16-11-5-6-17(14(11)21)8-13(19)20/h1-4,11H,5-8H2,(H,16,18)(H,19,20). The summed E-state index contributed by atoms with van der Waals surface area (Å²) < 4.78 is 1.09. The van der Waals surface area contributed by atoms with Crippen LogP contribution in [0.3, 0.4) is 0 Å². The van der Waals surface area contributed by atoms with Crippen molar-refractivity contribution in [2.24, 2.45) is 0 Å². The van der Waals surface area contributed by atoms with Crippen molar-refractivity contribution in [1.82, 2.24) is 10.2 Å². The Hall–Kier alpha value is -1.64. The van der Waals surface area contributed by atoms with E-state index in [1.807, 2.05) is 24.3 Å². The van der Waals surface area contributed by atoms with Gasteiger partial charge < -0.3 is 15.3 Å². The highest BCUT2D eigenvalue weighted by Gasteiger charge is 2.33. The predicted molar refractivity (Wildman–Crippen MR) is 83.6 cm³/mol. The van der Waals surface area contributed by atoms with Crippen LogP contribution in [0, 0.1) is 3.57 Å². The molecule has 2 rings (SSSR count). The summed E-state index contributed by atoms with van der Waals surface area (Å²) in [6.07, 6.45) is 0.657. The molecule has 0 saturated carbocycles. The van der Waals surface area contributed by atoms with Gasteiger partial charge in [-0.1, -0.05) is 12.1 Å². The number of halogens is 1. The first-order chi connectivity index (χ1) is 9.95. The SMILES string of the molecule is O=C(O)CN1CCC(NC(=O)Cc2ccc(I)cc2)C1=O. The summed E-state index contributed by atoms with van der Waals surface area (Å²) in [5.41, 5.74) is 0.876. The van der Waals surface area contributed by atoms with Crippen LogP contribution in [0.5, 0.6) is 0 Å². The average Bonchev–Trinajstić information content (AvgIpc) is 2.74. The van der Waals surface area contributed by atoms with Crippen molar-refractivity contribution < 1.29 is 19.5 Å². The first kappa shape index (κ1) is 15.7. The van der Waals surface area contributed by atoms with Crippen LogP contribution < -0.4 is 5.32 Å². The van der Waals surface area contributed by atoms with Crippen LogP contribution in [-0.4, -0.2) is 46.9 Å². The van der Waals surface area contributed by atoms with Gasteiger partial charge in [-0.25, -0.2) is 0 Å². The van der Waals surface area contributed by atoms with Gasteiger partial charge in [0.15, 0.2) is 0 Å². The van der Waals surface area contributed by atoms with Crippen molar-refractivity contribution >= 4 is 40.4 Å². The maximum atomic E-state index is 11.9. The van der Waals surface area contributed by atoms with Gasteiger partial charge in [-0.15, -0.1) is 0 Å². The van der Waals surface area contributed by atoms with Gasteiger partial charge in [0.1, 0.15) is 12.6 Å². The number of hydrogen-bond acceptors (Lipinski definition) is 3. The van der Waals surface area contributed by atoms with Crippen molar-refractivity contribution in [1.29, 1.82) is 0 Å². The van der Waals surface area contributed by atoms with Crippen molar-refractivity contribution in [2.75, 3.05) is 13.1 Å². The molecule has 0 aromatic heterocycles. The van der Waals surface area contributed by atoms with E-state index in [-0.39, 0.29) is 24.8 Å². The van der Waals surface area contributed by atoms with Crippen molar-refractivity contribution in [3.8, 4) is 0 Å². The van der Waals surface area contributed by atoms with E-state index < -0.39 is 12.0 Å². The molecule has 1 aromatic rings. The number of nitrogens with zero attached hydrogens (tertiary/aromatic N) is 1. The van der Waals surface area contributed by atoms with Gasteiger partial charge in [0.05, 0.1) is 6.42 Å². The van der Waals surface area contributed by atoms with E-state index in [9.17, 15) is 14.4 Å². The molecule has 1 aliphatic rings. The highest BCUT2D eigenvalue weighted by molar-refractivity contribution is 14.1. The molecule has 1 aliphatic heterocycles. The predicted octanol–water partition coefficient (Wildman–Crippen LogP) is 0.635. The third-order valence-corrected chi connectivity index (χ3v) is 3.96. The molecule has 0 spiro atoms. The number of carbonyl (C=O) groups is 3. The summed E-state index contributed by atoms with van der Waals surface area (Å²) in [4.78, 5) is 35.7. The maximum Gasteiger partial charge on any atom is 0.323 e. The summed E-state index contributed by atoms with van der Waals surface area (Å²) in [6.45, 7) is 0.0436. The Morgan fingerprint density at radius 3 is 2.62 bits per heavy atom. The van der Waals surface area contributed by atoms with E-state index >= 15 is 0 Å². The number of carboxylic acid groups (broad SMARTS) is 1. The van der Waals surface area contributed by atoms with Crippen LogP contribution in [0.15, 0.2) is 24.3 Å². The largest absolute Gasteiger partial charge is 0.480 e. The van der Waals surface area contributed by atoms with Crippen LogP contribution in [-0.2, 0) is 20.8 Å². The Bertz CT molecular complexity index is 559. The first-order valence-corrected chi connectivity index (χ1v) is 7.58. The molecule has 1 atom stereocenters. The zero-order valence-electron chi connectivity index (χ0n) is 11.2. The van der Waals surface area contributed by atoms with Gasteiger partial charge in [-0.3, -0.25) is 14.4 Å². The van der Waals surface area contributed by atoms with Gasteiger partial charge >= 0.3 is 5.97 Å². The quantitative estimate of drug-likeness (QED) is 0.708. The number of carboxylic acids is 1. The highest BCUT2D eigenvalue weighted by atomic mass is 127. The lowest BCUT2D eigenvalue weighted by Gasteiger charge is -2.14. The van der Waals surface area contributed by atoms with E-state index in [1.165, 1.54) is 4.90 Å². The highest BCUT2D eigenvalue weighted by Crippen LogP contribution is 2.12. The Morgan fingerprint density at radius 2 is 2.00 bits per heavy atom. The number of carbonyl (C=O) groups excluding carboxylic acids is 2. The van der Waals surface area contributed by atoms with Crippen LogP contribution in [0.1, 0.15) is 12.0 Å². The van der Waals surface area contributed by atoms with E-state index in [1.54, 1.807) is 0 Å². The van der Waals surface area contributed by atoms with Gasteiger partial charge in [-0.2, -0.15) is 0 Å². The number of nitrogens with one attached hydrogen (secondary N) is 1. The van der Waals surface area contributed by atoms with E-state index in [0.717, 1.165) is 9.13 Å². The third kappa shape index (κ3) is 4.42. The fraction of sp³-hybridized carbons (Fsp3) is 0.357. The number of aliphatic carboxylic acids is 1. The lowest BCUT2D eigenvalue weighted by atomic mass is 10.1. The zero-order chi connectivity index (χ0) is 15.4.